The second-order valence-corrected chi connectivity index (χ2v) is 9.08. The third kappa shape index (κ3) is 4.02. The fourth-order valence-electron chi connectivity index (χ4n) is 2.68. The molecule has 6 nitrogen and oxygen atoms in total. The molecule has 0 saturated heterocycles. The summed E-state index contributed by atoms with van der Waals surface area (Å²) in [5, 5.41) is 4.20. The van der Waals surface area contributed by atoms with Crippen molar-refractivity contribution in [3.05, 3.63) is 66.1 Å². The Hall–Kier alpha value is -2.76. The fraction of sp³-hybridized carbons (Fsp3) is 0.111. The van der Waals surface area contributed by atoms with Gasteiger partial charge in [0.2, 0.25) is 15.8 Å². The van der Waals surface area contributed by atoms with E-state index in [4.69, 9.17) is 0 Å². The Morgan fingerprint density at radius 2 is 1.90 bits per heavy atom. The van der Waals surface area contributed by atoms with Crippen molar-refractivity contribution in [1.82, 2.24) is 14.9 Å². The number of thiophene rings is 1. The number of nitrogens with zero attached hydrogens (tertiary/aromatic N) is 2. The molecule has 0 saturated carbocycles. The predicted molar refractivity (Wildman–Crippen MR) is 101 cm³/mol. The Bertz CT molecular complexity index is 1270. The monoisotopic (exact) mass is 439 g/mol. The van der Waals surface area contributed by atoms with Crippen LogP contribution in [0.3, 0.4) is 0 Å². The van der Waals surface area contributed by atoms with Gasteiger partial charge in [-0.25, -0.2) is 13.1 Å². The van der Waals surface area contributed by atoms with Gasteiger partial charge in [-0.1, -0.05) is 23.4 Å². The number of aromatic nitrogens is 2. The maximum Gasteiger partial charge on any atom is 0.452 e. The number of pyridine rings is 1. The van der Waals surface area contributed by atoms with Crippen LogP contribution in [0.4, 0.5) is 13.2 Å². The standard InChI is InChI=1S/C18H12F3N3O3S2/c19-18(20,21)16-9-14(24-27-16)15-5-6-17(28-15)29(25,26)23-10-11-7-8-22-13-4-2-1-3-12(11)13/h1-9,23H,10H2. The molecule has 0 atom stereocenters. The van der Waals surface area contributed by atoms with Crippen LogP contribution in [0.1, 0.15) is 11.3 Å². The summed E-state index contributed by atoms with van der Waals surface area (Å²) in [6.07, 6.45) is -3.07. The highest BCUT2D eigenvalue weighted by molar-refractivity contribution is 7.91. The van der Waals surface area contributed by atoms with Crippen LogP contribution in [-0.2, 0) is 22.7 Å². The largest absolute Gasteiger partial charge is 0.452 e. The van der Waals surface area contributed by atoms with Crippen LogP contribution in [0.2, 0.25) is 0 Å². The molecule has 11 heteroatoms. The maximum absolute atomic E-state index is 12.6. The van der Waals surface area contributed by atoms with Crippen LogP contribution in [0, 0.1) is 0 Å². The van der Waals surface area contributed by atoms with Gasteiger partial charge < -0.3 is 4.52 Å². The van der Waals surface area contributed by atoms with E-state index in [0.717, 1.165) is 33.9 Å². The molecular formula is C18H12F3N3O3S2. The van der Waals surface area contributed by atoms with Gasteiger partial charge >= 0.3 is 6.18 Å². The molecular weight excluding hydrogens is 427 g/mol. The fourth-order valence-corrected chi connectivity index (χ4v) is 4.99. The van der Waals surface area contributed by atoms with E-state index >= 15 is 0 Å². The molecule has 3 heterocycles. The number of benzene rings is 1. The quantitative estimate of drug-likeness (QED) is 0.497. The summed E-state index contributed by atoms with van der Waals surface area (Å²) in [4.78, 5) is 4.48. The number of para-hydroxylation sites is 1. The number of halogens is 3. The summed E-state index contributed by atoms with van der Waals surface area (Å²) in [5.41, 5.74) is 1.42. The van der Waals surface area contributed by atoms with Gasteiger partial charge in [-0.3, -0.25) is 4.98 Å². The van der Waals surface area contributed by atoms with Crippen LogP contribution in [0.25, 0.3) is 21.5 Å². The molecule has 4 rings (SSSR count). The normalized spacial score (nSPS) is 12.5. The van der Waals surface area contributed by atoms with Crippen LogP contribution in [-0.4, -0.2) is 18.6 Å². The molecule has 0 aliphatic rings. The zero-order valence-electron chi connectivity index (χ0n) is 14.5. The van der Waals surface area contributed by atoms with Crippen LogP contribution >= 0.6 is 11.3 Å². The lowest BCUT2D eigenvalue weighted by Crippen LogP contribution is -2.22. The van der Waals surface area contributed by atoms with Crippen molar-refractivity contribution >= 4 is 32.3 Å². The van der Waals surface area contributed by atoms with Crippen molar-refractivity contribution in [3.63, 3.8) is 0 Å². The second kappa shape index (κ2) is 7.25. The van der Waals surface area contributed by atoms with E-state index in [9.17, 15) is 21.6 Å². The van der Waals surface area contributed by atoms with E-state index in [1.165, 1.54) is 12.1 Å². The summed E-state index contributed by atoms with van der Waals surface area (Å²) in [5.74, 6) is -1.24. The smallest absolute Gasteiger partial charge is 0.351 e. The van der Waals surface area contributed by atoms with Crippen molar-refractivity contribution in [3.8, 4) is 10.6 Å². The average molecular weight is 439 g/mol. The number of nitrogens with one attached hydrogen (secondary N) is 1. The topological polar surface area (TPSA) is 85.1 Å². The molecule has 0 radical (unpaired) electrons. The van der Waals surface area contributed by atoms with Gasteiger partial charge in [-0.05, 0) is 29.8 Å². The summed E-state index contributed by atoms with van der Waals surface area (Å²) in [7, 11) is -3.87. The molecule has 1 N–H and O–H groups in total. The lowest BCUT2D eigenvalue weighted by molar-refractivity contribution is -0.155. The van der Waals surface area contributed by atoms with E-state index in [2.05, 4.69) is 19.4 Å². The lowest BCUT2D eigenvalue weighted by atomic mass is 10.1. The molecule has 0 aliphatic carbocycles. The molecule has 0 unspecified atom stereocenters. The first-order chi connectivity index (χ1) is 13.7. The summed E-state index contributed by atoms with van der Waals surface area (Å²) < 4.78 is 69.9. The number of alkyl halides is 3. The molecule has 4 aromatic rings. The Morgan fingerprint density at radius 1 is 1.10 bits per heavy atom. The van der Waals surface area contributed by atoms with E-state index in [-0.39, 0.29) is 21.3 Å². The molecule has 0 amide bonds. The molecule has 0 fully saturated rings. The first-order valence-corrected chi connectivity index (χ1v) is 10.5. The van der Waals surface area contributed by atoms with Gasteiger partial charge in [-0.15, -0.1) is 11.3 Å². The minimum Gasteiger partial charge on any atom is -0.351 e. The van der Waals surface area contributed by atoms with Crippen LogP contribution in [0.5, 0.6) is 0 Å². The average Bonchev–Trinajstić information content (AvgIpc) is 3.35. The first-order valence-electron chi connectivity index (χ1n) is 8.20. The van der Waals surface area contributed by atoms with Gasteiger partial charge in [0.05, 0.1) is 10.4 Å². The Balaban J connectivity index is 1.55. The van der Waals surface area contributed by atoms with Gasteiger partial charge in [0, 0.05) is 24.2 Å². The van der Waals surface area contributed by atoms with E-state index in [1.54, 1.807) is 12.3 Å². The first kappa shape index (κ1) is 19.6. The number of fused-ring (bicyclic) bond motifs is 1. The highest BCUT2D eigenvalue weighted by Crippen LogP contribution is 2.35. The molecule has 0 aliphatic heterocycles. The van der Waals surface area contributed by atoms with E-state index < -0.39 is 22.0 Å². The molecule has 29 heavy (non-hydrogen) atoms. The Labute approximate surface area is 167 Å². The van der Waals surface area contributed by atoms with Crippen LogP contribution in [0.15, 0.2) is 63.5 Å². The van der Waals surface area contributed by atoms with Gasteiger partial charge in [0.15, 0.2) is 0 Å². The zero-order chi connectivity index (χ0) is 20.6. The molecule has 3 aromatic heterocycles. The number of rotatable bonds is 5. The number of sulfonamides is 1. The minimum atomic E-state index is -4.66. The van der Waals surface area contributed by atoms with Crippen molar-refractivity contribution in [2.24, 2.45) is 0 Å². The van der Waals surface area contributed by atoms with Crippen molar-refractivity contribution in [2.45, 2.75) is 16.9 Å². The van der Waals surface area contributed by atoms with Crippen molar-refractivity contribution in [2.75, 3.05) is 0 Å². The highest BCUT2D eigenvalue weighted by Gasteiger charge is 2.36. The molecule has 0 spiro atoms. The van der Waals surface area contributed by atoms with Gasteiger partial charge in [0.25, 0.3) is 0 Å². The molecule has 150 valence electrons. The van der Waals surface area contributed by atoms with Crippen molar-refractivity contribution in [1.29, 1.82) is 0 Å². The molecule has 0 bridgehead atoms. The summed E-state index contributed by atoms with van der Waals surface area (Å²) in [6, 6.07) is 12.5. The van der Waals surface area contributed by atoms with Crippen molar-refractivity contribution < 1.29 is 26.1 Å². The minimum absolute atomic E-state index is 0.0394. The van der Waals surface area contributed by atoms with E-state index in [0.29, 0.717) is 0 Å². The third-order valence-corrected chi connectivity index (χ3v) is 7.08. The Morgan fingerprint density at radius 3 is 2.66 bits per heavy atom. The highest BCUT2D eigenvalue weighted by atomic mass is 32.2. The van der Waals surface area contributed by atoms with Gasteiger partial charge in [0.1, 0.15) is 9.90 Å². The number of hydrogen-bond acceptors (Lipinski definition) is 6. The predicted octanol–water partition coefficient (Wildman–Crippen LogP) is 4.45. The lowest BCUT2D eigenvalue weighted by Gasteiger charge is -2.07. The van der Waals surface area contributed by atoms with E-state index in [1.807, 2.05) is 24.3 Å². The number of hydrogen-bond donors (Lipinski definition) is 1. The second-order valence-electron chi connectivity index (χ2n) is 6.00. The van der Waals surface area contributed by atoms with Crippen LogP contribution < -0.4 is 4.72 Å². The van der Waals surface area contributed by atoms with Gasteiger partial charge in [-0.2, -0.15) is 13.2 Å². The third-order valence-electron chi connectivity index (χ3n) is 4.08. The zero-order valence-corrected chi connectivity index (χ0v) is 16.1. The maximum atomic E-state index is 12.6. The SMILES string of the molecule is O=S(=O)(NCc1ccnc2ccccc12)c1ccc(-c2cc(C(F)(F)F)on2)s1. The Kier molecular flexibility index (Phi) is 4.89. The molecule has 1 aromatic carbocycles. The summed E-state index contributed by atoms with van der Waals surface area (Å²) >= 11 is 0.803. The summed E-state index contributed by atoms with van der Waals surface area (Å²) in [6.45, 7) is 0.0424.